The third-order valence-electron chi connectivity index (χ3n) is 3.39. The summed E-state index contributed by atoms with van der Waals surface area (Å²) in [6.07, 6.45) is 0.712. The molecule has 0 aromatic heterocycles. The molecular formula is C16H23N3O3. The Morgan fingerprint density at radius 3 is 2.32 bits per heavy atom. The van der Waals surface area contributed by atoms with Crippen molar-refractivity contribution in [1.82, 2.24) is 16.0 Å². The minimum Gasteiger partial charge on any atom is -0.344 e. The van der Waals surface area contributed by atoms with Crippen LogP contribution in [0.1, 0.15) is 32.8 Å². The molecule has 0 spiro atoms. The summed E-state index contributed by atoms with van der Waals surface area (Å²) in [5.41, 5.74) is 0.936. The zero-order chi connectivity index (χ0) is 16.5. The van der Waals surface area contributed by atoms with Crippen LogP contribution in [0.4, 0.5) is 4.79 Å². The molecule has 0 aliphatic heterocycles. The van der Waals surface area contributed by atoms with E-state index in [2.05, 4.69) is 16.0 Å². The van der Waals surface area contributed by atoms with Crippen LogP contribution in [0.3, 0.4) is 0 Å². The zero-order valence-electron chi connectivity index (χ0n) is 13.2. The van der Waals surface area contributed by atoms with Crippen LogP contribution in [0.2, 0.25) is 0 Å². The van der Waals surface area contributed by atoms with Gasteiger partial charge in [0, 0.05) is 13.5 Å². The minimum atomic E-state index is -0.718. The lowest BCUT2D eigenvalue weighted by atomic mass is 9.98. The van der Waals surface area contributed by atoms with Crippen LogP contribution in [-0.2, 0) is 16.1 Å². The van der Waals surface area contributed by atoms with E-state index < -0.39 is 18.0 Å². The van der Waals surface area contributed by atoms with Crippen molar-refractivity contribution in [2.75, 3.05) is 0 Å². The van der Waals surface area contributed by atoms with Crippen molar-refractivity contribution in [2.45, 2.75) is 39.8 Å². The highest BCUT2D eigenvalue weighted by Gasteiger charge is 2.26. The largest absolute Gasteiger partial charge is 0.344 e. The molecular weight excluding hydrogens is 282 g/mol. The van der Waals surface area contributed by atoms with Crippen LogP contribution in [-0.4, -0.2) is 23.9 Å². The van der Waals surface area contributed by atoms with Crippen LogP contribution in [0.15, 0.2) is 30.3 Å². The molecule has 4 amide bonds. The van der Waals surface area contributed by atoms with E-state index in [1.54, 1.807) is 0 Å². The molecule has 0 saturated carbocycles. The fourth-order valence-electron chi connectivity index (χ4n) is 1.93. The normalized spacial score (nSPS) is 12.9. The van der Waals surface area contributed by atoms with Gasteiger partial charge < -0.3 is 10.6 Å². The number of hydrogen-bond donors (Lipinski definition) is 3. The summed E-state index contributed by atoms with van der Waals surface area (Å²) < 4.78 is 0. The first-order valence-electron chi connectivity index (χ1n) is 7.33. The van der Waals surface area contributed by atoms with Crippen LogP contribution < -0.4 is 16.0 Å². The molecule has 0 aliphatic rings. The van der Waals surface area contributed by atoms with Gasteiger partial charge in [0.05, 0.1) is 0 Å². The lowest BCUT2D eigenvalue weighted by Gasteiger charge is -2.22. The number of hydrogen-bond acceptors (Lipinski definition) is 3. The van der Waals surface area contributed by atoms with Gasteiger partial charge in [-0.1, -0.05) is 50.6 Å². The number of carbonyl (C=O) groups is 3. The van der Waals surface area contributed by atoms with Crippen molar-refractivity contribution in [3.63, 3.8) is 0 Å². The van der Waals surface area contributed by atoms with Gasteiger partial charge in [0.2, 0.25) is 5.91 Å². The summed E-state index contributed by atoms with van der Waals surface area (Å²) in [4.78, 5) is 35.1. The molecule has 1 aromatic rings. The number of urea groups is 1. The first-order valence-corrected chi connectivity index (χ1v) is 7.33. The second kappa shape index (κ2) is 8.81. The molecule has 0 aliphatic carbocycles. The number of nitrogens with one attached hydrogen (secondary N) is 3. The fraction of sp³-hybridized carbons (Fsp3) is 0.438. The van der Waals surface area contributed by atoms with E-state index in [0.29, 0.717) is 13.0 Å². The first-order chi connectivity index (χ1) is 10.4. The predicted octanol–water partition coefficient (Wildman–Crippen LogP) is 1.56. The SMILES string of the molecule is CC[C@H](C)[C@@H](NC(C)=O)C(=O)NC(=O)NCc1ccccc1. The molecule has 6 heteroatoms. The highest BCUT2D eigenvalue weighted by atomic mass is 16.2. The first kappa shape index (κ1) is 17.7. The van der Waals surface area contributed by atoms with Crippen molar-refractivity contribution in [2.24, 2.45) is 5.92 Å². The van der Waals surface area contributed by atoms with Crippen molar-refractivity contribution in [3.05, 3.63) is 35.9 Å². The average Bonchev–Trinajstić information content (AvgIpc) is 2.50. The fourth-order valence-corrected chi connectivity index (χ4v) is 1.93. The van der Waals surface area contributed by atoms with Gasteiger partial charge in [-0.05, 0) is 11.5 Å². The number of imide groups is 1. The lowest BCUT2D eigenvalue weighted by Crippen LogP contribution is -2.52. The molecule has 0 fully saturated rings. The Morgan fingerprint density at radius 1 is 1.14 bits per heavy atom. The Bertz CT molecular complexity index is 517. The van der Waals surface area contributed by atoms with E-state index in [0.717, 1.165) is 5.56 Å². The van der Waals surface area contributed by atoms with Gasteiger partial charge >= 0.3 is 6.03 Å². The van der Waals surface area contributed by atoms with Gasteiger partial charge in [0.25, 0.3) is 5.91 Å². The Balaban J connectivity index is 2.53. The van der Waals surface area contributed by atoms with E-state index >= 15 is 0 Å². The standard InChI is InChI=1S/C16H23N3O3/c1-4-11(2)14(18-12(3)20)15(21)19-16(22)17-10-13-8-6-5-7-9-13/h5-9,11,14H,4,10H2,1-3H3,(H,18,20)(H2,17,19,21,22)/t11-,14+/m0/s1. The van der Waals surface area contributed by atoms with E-state index in [4.69, 9.17) is 0 Å². The Hall–Kier alpha value is -2.37. The molecule has 6 nitrogen and oxygen atoms in total. The van der Waals surface area contributed by atoms with Crippen LogP contribution in [0, 0.1) is 5.92 Å². The maximum atomic E-state index is 12.1. The van der Waals surface area contributed by atoms with Gasteiger partial charge in [-0.25, -0.2) is 4.79 Å². The van der Waals surface area contributed by atoms with E-state index in [1.807, 2.05) is 44.2 Å². The smallest absolute Gasteiger partial charge is 0.321 e. The summed E-state index contributed by atoms with van der Waals surface area (Å²) in [5.74, 6) is -0.869. The van der Waals surface area contributed by atoms with Gasteiger partial charge in [-0.2, -0.15) is 0 Å². The summed E-state index contributed by atoms with van der Waals surface area (Å²) >= 11 is 0. The van der Waals surface area contributed by atoms with E-state index in [1.165, 1.54) is 6.92 Å². The topological polar surface area (TPSA) is 87.3 Å². The van der Waals surface area contributed by atoms with Gasteiger partial charge in [0.15, 0.2) is 0 Å². The molecule has 0 heterocycles. The quantitative estimate of drug-likeness (QED) is 0.745. The second-order valence-electron chi connectivity index (χ2n) is 5.22. The van der Waals surface area contributed by atoms with Gasteiger partial charge in [-0.3, -0.25) is 14.9 Å². The Kier molecular flexibility index (Phi) is 7.08. The van der Waals surface area contributed by atoms with Crippen molar-refractivity contribution in [3.8, 4) is 0 Å². The molecule has 0 bridgehead atoms. The Morgan fingerprint density at radius 2 is 1.77 bits per heavy atom. The third kappa shape index (κ3) is 5.95. The van der Waals surface area contributed by atoms with Gasteiger partial charge in [-0.15, -0.1) is 0 Å². The summed E-state index contributed by atoms with van der Waals surface area (Å²) in [5, 5.41) is 7.46. The zero-order valence-corrected chi connectivity index (χ0v) is 13.2. The summed E-state index contributed by atoms with van der Waals surface area (Å²) in [6, 6.07) is 8.09. The number of carbonyl (C=O) groups excluding carboxylic acids is 3. The molecule has 0 unspecified atom stereocenters. The molecule has 1 aromatic carbocycles. The maximum absolute atomic E-state index is 12.1. The van der Waals surface area contributed by atoms with Crippen molar-refractivity contribution < 1.29 is 14.4 Å². The predicted molar refractivity (Wildman–Crippen MR) is 83.9 cm³/mol. The second-order valence-corrected chi connectivity index (χ2v) is 5.22. The van der Waals surface area contributed by atoms with Crippen molar-refractivity contribution in [1.29, 1.82) is 0 Å². The average molecular weight is 305 g/mol. The van der Waals surface area contributed by atoms with E-state index in [-0.39, 0.29) is 11.8 Å². The summed E-state index contributed by atoms with van der Waals surface area (Å²) in [6.45, 7) is 5.44. The molecule has 0 saturated heterocycles. The molecule has 1 rings (SSSR count). The van der Waals surface area contributed by atoms with Crippen LogP contribution in [0.25, 0.3) is 0 Å². The lowest BCUT2D eigenvalue weighted by molar-refractivity contribution is -0.128. The molecule has 120 valence electrons. The molecule has 22 heavy (non-hydrogen) atoms. The van der Waals surface area contributed by atoms with Crippen molar-refractivity contribution >= 4 is 17.8 Å². The minimum absolute atomic E-state index is 0.0641. The Labute approximate surface area is 130 Å². The van der Waals surface area contributed by atoms with Crippen LogP contribution in [0.5, 0.6) is 0 Å². The number of benzene rings is 1. The molecule has 0 radical (unpaired) electrons. The maximum Gasteiger partial charge on any atom is 0.321 e. The summed E-state index contributed by atoms with van der Waals surface area (Å²) in [7, 11) is 0. The molecule has 2 atom stereocenters. The third-order valence-corrected chi connectivity index (χ3v) is 3.39. The number of amides is 4. The molecule has 3 N–H and O–H groups in total. The monoisotopic (exact) mass is 305 g/mol. The van der Waals surface area contributed by atoms with Crippen LogP contribution >= 0.6 is 0 Å². The number of rotatable bonds is 6. The van der Waals surface area contributed by atoms with E-state index in [9.17, 15) is 14.4 Å². The van der Waals surface area contributed by atoms with Gasteiger partial charge in [0.1, 0.15) is 6.04 Å². The highest BCUT2D eigenvalue weighted by molar-refractivity contribution is 5.98. The highest BCUT2D eigenvalue weighted by Crippen LogP contribution is 2.08.